The third kappa shape index (κ3) is 3.04. The molecule has 1 N–H and O–H groups in total. The van der Waals surface area contributed by atoms with Gasteiger partial charge < -0.3 is 0 Å². The topological polar surface area (TPSA) is 80.3 Å². The first-order chi connectivity index (χ1) is 20.1. The molecular weight excluding hydrogens is 770 g/mol. The quantitative estimate of drug-likeness (QED) is 0.254. The number of nitrogens with one attached hydrogen (secondary N) is 1. The van der Waals surface area contributed by atoms with E-state index in [4.69, 9.17) is 0 Å². The van der Waals surface area contributed by atoms with Gasteiger partial charge in [0.25, 0.3) is 28.8 Å². The number of fused-ring (bicyclic) bond motifs is 5. The van der Waals surface area contributed by atoms with Crippen LogP contribution in [0.1, 0.15) is 0 Å². The molecule has 0 aromatic carbocycles. The minimum absolute atomic E-state index is 0.0626. The molecule has 0 aromatic heterocycles. The number of amides is 2. The Hall–Kier alpha value is -2.85. The summed E-state index contributed by atoms with van der Waals surface area (Å²) in [6.45, 7) is 0. The van der Waals surface area contributed by atoms with Crippen molar-refractivity contribution >= 4 is 21.7 Å². The molecule has 5 nitrogen and oxygen atoms in total. The molecule has 2 amide bonds. The van der Waals surface area contributed by atoms with Gasteiger partial charge in [0.1, 0.15) is 0 Å². The predicted molar refractivity (Wildman–Crippen MR) is 91.2 cm³/mol. The summed E-state index contributed by atoms with van der Waals surface area (Å²) in [6, 6.07) is 0. The van der Waals surface area contributed by atoms with Crippen LogP contribution in [0.3, 0.4) is 0 Å². The van der Waals surface area contributed by atoms with Crippen molar-refractivity contribution in [3.05, 3.63) is 11.7 Å². The van der Waals surface area contributed by atoms with Crippen LogP contribution in [0.5, 0.6) is 0 Å². The van der Waals surface area contributed by atoms with Crippen molar-refractivity contribution in [2.24, 2.45) is 0 Å². The Morgan fingerprint density at radius 3 is 1.15 bits per heavy atom. The van der Waals surface area contributed by atoms with Crippen molar-refractivity contribution in [1.82, 2.24) is 5.32 Å². The molecule has 0 spiro atoms. The lowest BCUT2D eigenvalue weighted by Gasteiger charge is -2.44. The number of alkyl halides is 22. The highest BCUT2D eigenvalue weighted by atomic mass is 32.2. The number of rotatable bonds is 8. The second-order valence-electron chi connectivity index (χ2n) is 9.61. The highest BCUT2D eigenvalue weighted by molar-refractivity contribution is 7.94. The Morgan fingerprint density at radius 1 is 0.468 bits per heavy atom. The van der Waals surface area contributed by atoms with Crippen molar-refractivity contribution in [2.45, 2.75) is 74.6 Å². The van der Waals surface area contributed by atoms with Crippen LogP contribution in [-0.4, -0.2) is 94.9 Å². The van der Waals surface area contributed by atoms with Gasteiger partial charge in [-0.05, 0) is 0 Å². The van der Waals surface area contributed by atoms with E-state index in [2.05, 4.69) is 0 Å². The lowest BCUT2D eigenvalue weighted by molar-refractivity contribution is -0.458. The number of halogens is 24. The van der Waals surface area contributed by atoms with Crippen LogP contribution < -0.4 is 5.32 Å². The van der Waals surface area contributed by atoms with Gasteiger partial charge >= 0.3 is 52.9 Å². The van der Waals surface area contributed by atoms with Gasteiger partial charge in [-0.3, -0.25) is 14.9 Å². The molecule has 4 atom stereocenters. The molecule has 3 rings (SSSR count). The molecular formula is C17HF24NO4S. The van der Waals surface area contributed by atoms with Crippen LogP contribution in [0.2, 0.25) is 0 Å². The highest BCUT2D eigenvalue weighted by Gasteiger charge is 3.12. The van der Waals surface area contributed by atoms with Crippen LogP contribution in [0, 0.1) is 0 Å². The highest BCUT2D eigenvalue weighted by Crippen LogP contribution is 2.80. The maximum absolute atomic E-state index is 15.7. The molecule has 1 heterocycles. The Bertz CT molecular complexity index is 1600. The summed E-state index contributed by atoms with van der Waals surface area (Å²) < 4.78 is 353. The largest absolute Gasteiger partial charge is 0.460 e. The predicted octanol–water partition coefficient (Wildman–Crippen LogP) is 5.70. The van der Waals surface area contributed by atoms with Crippen molar-refractivity contribution < 1.29 is 123 Å². The van der Waals surface area contributed by atoms with Crippen LogP contribution in [0.15, 0.2) is 11.7 Å². The summed E-state index contributed by atoms with van der Waals surface area (Å²) in [4.78, 5) is 23.4. The van der Waals surface area contributed by atoms with E-state index >= 15 is 22.0 Å². The van der Waals surface area contributed by atoms with E-state index in [0.29, 0.717) is 0 Å². The first kappa shape index (κ1) is 38.6. The molecule has 1 saturated heterocycles. The zero-order valence-corrected chi connectivity index (χ0v) is 20.9. The third-order valence-corrected chi connectivity index (χ3v) is 9.85. The third-order valence-electron chi connectivity index (χ3n) is 7.40. The van der Waals surface area contributed by atoms with E-state index in [1.807, 2.05) is 0 Å². The van der Waals surface area contributed by atoms with Crippen LogP contribution in [0.4, 0.5) is 105 Å². The second-order valence-corrected chi connectivity index (χ2v) is 11.7. The van der Waals surface area contributed by atoms with E-state index < -0.39 is 108 Å². The lowest BCUT2D eigenvalue weighted by atomic mass is 9.76. The van der Waals surface area contributed by atoms with Gasteiger partial charge in [0.2, 0.25) is 14.6 Å². The summed E-state index contributed by atoms with van der Waals surface area (Å²) in [5.41, 5.74) is -21.0. The molecule has 2 fully saturated rings. The Balaban J connectivity index is 2.43. The van der Waals surface area contributed by atoms with Gasteiger partial charge in [0, 0.05) is 0 Å². The smallest absolute Gasteiger partial charge is 0.290 e. The number of imide groups is 1. The van der Waals surface area contributed by atoms with Crippen molar-refractivity contribution in [3.8, 4) is 0 Å². The summed E-state index contributed by atoms with van der Waals surface area (Å²) in [7, 11) is -10.1. The van der Waals surface area contributed by atoms with Crippen molar-refractivity contribution in [1.29, 1.82) is 0 Å². The molecule has 2 aliphatic carbocycles. The maximum Gasteiger partial charge on any atom is 0.460 e. The summed E-state index contributed by atoms with van der Waals surface area (Å²) in [6.07, 6.45) is -8.23. The molecule has 1 saturated carbocycles. The van der Waals surface area contributed by atoms with Crippen molar-refractivity contribution in [3.63, 3.8) is 0 Å². The molecule has 30 heteroatoms. The maximum atomic E-state index is 15.7. The summed E-state index contributed by atoms with van der Waals surface area (Å²) in [5.74, 6) is -81.2. The van der Waals surface area contributed by atoms with E-state index in [0.717, 1.165) is 0 Å². The Labute approximate surface area is 237 Å². The molecule has 0 radical (unpaired) electrons. The molecule has 0 aromatic rings. The van der Waals surface area contributed by atoms with Crippen LogP contribution >= 0.6 is 0 Å². The van der Waals surface area contributed by atoms with E-state index in [-0.39, 0.29) is 5.32 Å². The molecule has 2 bridgehead atoms. The lowest BCUT2D eigenvalue weighted by Crippen LogP contribution is -2.77. The monoisotopic (exact) mass is 771 g/mol. The summed E-state index contributed by atoms with van der Waals surface area (Å²) in [5, 5.41) is -9.40. The number of sulfone groups is 1. The second kappa shape index (κ2) is 8.65. The van der Waals surface area contributed by atoms with Crippen molar-refractivity contribution in [2.75, 3.05) is 0 Å². The van der Waals surface area contributed by atoms with Crippen LogP contribution in [-0.2, 0) is 19.4 Å². The van der Waals surface area contributed by atoms with Crippen LogP contribution in [0.25, 0.3) is 0 Å². The van der Waals surface area contributed by atoms with E-state index in [1.54, 1.807) is 0 Å². The van der Waals surface area contributed by atoms with E-state index in [1.165, 1.54) is 0 Å². The van der Waals surface area contributed by atoms with Gasteiger partial charge in [0.15, 0.2) is 11.7 Å². The number of hydrogen-bond donors (Lipinski definition) is 1. The first-order valence-corrected chi connectivity index (χ1v) is 11.9. The molecule has 1 aliphatic heterocycles. The number of allylic oxidation sites excluding steroid dienone is 1. The molecule has 272 valence electrons. The van der Waals surface area contributed by atoms with Gasteiger partial charge in [-0.2, -0.15) is 83.4 Å². The average Bonchev–Trinajstić information content (AvgIpc) is 3.18. The average molecular weight is 771 g/mol. The summed E-state index contributed by atoms with van der Waals surface area (Å²) >= 11 is 0. The molecule has 4 unspecified atom stereocenters. The van der Waals surface area contributed by atoms with Gasteiger partial charge in [-0.1, -0.05) is 0 Å². The zero-order valence-electron chi connectivity index (χ0n) is 20.1. The number of carbonyl (C=O) groups is 2. The van der Waals surface area contributed by atoms with Gasteiger partial charge in [-0.25, -0.2) is 30.4 Å². The first-order valence-electron chi connectivity index (χ1n) is 10.4. The molecule has 3 aliphatic rings. The van der Waals surface area contributed by atoms with Gasteiger partial charge in [0.05, 0.1) is 0 Å². The minimum atomic E-state index is -10.1. The fourth-order valence-electron chi connectivity index (χ4n) is 4.93. The Morgan fingerprint density at radius 2 is 0.787 bits per heavy atom. The van der Waals surface area contributed by atoms with Gasteiger partial charge in [-0.15, -0.1) is 0 Å². The van der Waals surface area contributed by atoms with E-state index in [9.17, 15) is 101 Å². The Kier molecular flexibility index (Phi) is 7.10. The normalized spacial score (nSPS) is 32.7. The fourth-order valence-corrected chi connectivity index (χ4v) is 7.18. The fraction of sp³-hybridized carbons (Fsp3) is 0.765. The molecule has 47 heavy (non-hydrogen) atoms. The number of hydrogen-bond acceptors (Lipinski definition) is 4. The zero-order chi connectivity index (χ0) is 38.0. The minimum Gasteiger partial charge on any atom is -0.290 e. The SMILES string of the molecule is O=C1NC(=O)C2(F)C1(F)C1(F)C(F)=C(F)C2(S(=O)(=O)C(F)(F)C(F)(F)C(F)(F)C(F)(F)C(F)(F)C(F)(F)C(F)(F)C(F)(F)F)C1(F)F. The standard InChI is InChI=1S/C17HF24NO4S/c18-1-2(19)8(7(22)4(44)42-3(43)6(7,21)5(1,20)9(8,23)24)47(45,46)17(40,41)15(35,36)13(31,32)11(27,28)10(25,26)12(29,30)14(33,34)16(37,38)39/h(H,42,43,44). The number of carbonyl (C=O) groups excluding carboxylic acids is 2.